The van der Waals surface area contributed by atoms with Crippen LogP contribution in [-0.4, -0.2) is 44.2 Å². The van der Waals surface area contributed by atoms with E-state index < -0.39 is 9.84 Å². The van der Waals surface area contributed by atoms with Crippen molar-refractivity contribution in [3.63, 3.8) is 0 Å². The second-order valence-corrected chi connectivity index (χ2v) is 7.73. The van der Waals surface area contributed by atoms with Gasteiger partial charge >= 0.3 is 0 Å². The largest absolute Gasteiger partial charge is 0.366 e. The van der Waals surface area contributed by atoms with E-state index in [0.717, 1.165) is 25.9 Å². The summed E-state index contributed by atoms with van der Waals surface area (Å²) in [5.41, 5.74) is -0.338. The molecule has 0 aliphatic carbocycles. The molecular formula is C12H23NO3S. The van der Waals surface area contributed by atoms with Crippen LogP contribution in [0.1, 0.15) is 39.5 Å². The molecule has 2 aliphatic heterocycles. The molecule has 0 unspecified atom stereocenters. The summed E-state index contributed by atoms with van der Waals surface area (Å²) in [6.45, 7) is 5.96. The van der Waals surface area contributed by atoms with Gasteiger partial charge in [-0.25, -0.2) is 8.42 Å². The van der Waals surface area contributed by atoms with Gasteiger partial charge in [0.25, 0.3) is 0 Å². The highest BCUT2D eigenvalue weighted by Gasteiger charge is 2.46. The van der Waals surface area contributed by atoms with Crippen LogP contribution in [0.4, 0.5) is 0 Å². The number of ether oxygens (including phenoxy) is 1. The van der Waals surface area contributed by atoms with Crippen molar-refractivity contribution in [2.75, 3.05) is 24.6 Å². The summed E-state index contributed by atoms with van der Waals surface area (Å²) in [6, 6.07) is 0. The van der Waals surface area contributed by atoms with E-state index >= 15 is 0 Å². The predicted molar refractivity (Wildman–Crippen MR) is 67.9 cm³/mol. The lowest BCUT2D eigenvalue weighted by Crippen LogP contribution is -2.62. The predicted octanol–water partition coefficient (Wildman–Crippen LogP) is 1.11. The highest BCUT2D eigenvalue weighted by Crippen LogP contribution is 2.37. The summed E-state index contributed by atoms with van der Waals surface area (Å²) in [5, 5.41) is 3.45. The molecule has 2 rings (SSSR count). The van der Waals surface area contributed by atoms with E-state index in [4.69, 9.17) is 4.74 Å². The third-order valence-electron chi connectivity index (χ3n) is 4.35. The van der Waals surface area contributed by atoms with Gasteiger partial charge in [-0.15, -0.1) is 0 Å². The zero-order valence-electron chi connectivity index (χ0n) is 10.8. The van der Waals surface area contributed by atoms with Gasteiger partial charge in [0.2, 0.25) is 0 Å². The van der Waals surface area contributed by atoms with E-state index in [2.05, 4.69) is 19.2 Å². The fourth-order valence-electron chi connectivity index (χ4n) is 2.88. The Morgan fingerprint density at radius 3 is 2.24 bits per heavy atom. The molecule has 1 spiro atoms. The molecule has 1 N–H and O–H groups in total. The Bertz CT molecular complexity index is 359. The second-order valence-electron chi connectivity index (χ2n) is 5.43. The minimum atomic E-state index is -2.82. The monoisotopic (exact) mass is 261 g/mol. The van der Waals surface area contributed by atoms with Gasteiger partial charge in [-0.2, -0.15) is 0 Å². The zero-order valence-corrected chi connectivity index (χ0v) is 11.6. The van der Waals surface area contributed by atoms with E-state index in [1.54, 1.807) is 0 Å². The molecule has 4 nitrogen and oxygen atoms in total. The second kappa shape index (κ2) is 4.52. The van der Waals surface area contributed by atoms with Gasteiger partial charge < -0.3 is 10.1 Å². The average molecular weight is 261 g/mol. The molecule has 2 aliphatic rings. The standard InChI is InChI=1S/C12H23NO3S/c1-3-11(4-2)9-13-10-12(16-11)5-7-17(14,15)8-6-12/h13H,3-10H2,1-2H3. The molecule has 0 aromatic rings. The lowest BCUT2D eigenvalue weighted by Gasteiger charge is -2.50. The van der Waals surface area contributed by atoms with Gasteiger partial charge in [-0.1, -0.05) is 13.8 Å². The van der Waals surface area contributed by atoms with Crippen LogP contribution in [-0.2, 0) is 14.6 Å². The molecule has 0 saturated carbocycles. The van der Waals surface area contributed by atoms with Crippen LogP contribution in [0.5, 0.6) is 0 Å². The molecule has 2 saturated heterocycles. The molecule has 0 atom stereocenters. The summed E-state index contributed by atoms with van der Waals surface area (Å²) in [6.07, 6.45) is 3.24. The number of sulfone groups is 1. The van der Waals surface area contributed by atoms with Crippen molar-refractivity contribution in [2.24, 2.45) is 0 Å². The number of rotatable bonds is 2. The highest BCUT2D eigenvalue weighted by molar-refractivity contribution is 7.91. The molecular weight excluding hydrogens is 238 g/mol. The van der Waals surface area contributed by atoms with Crippen molar-refractivity contribution in [2.45, 2.75) is 50.7 Å². The van der Waals surface area contributed by atoms with Gasteiger partial charge in [0.05, 0.1) is 22.7 Å². The summed E-state index contributed by atoms with van der Waals surface area (Å²) >= 11 is 0. The molecule has 0 aromatic carbocycles. The summed E-state index contributed by atoms with van der Waals surface area (Å²) in [7, 11) is -2.82. The number of nitrogens with one attached hydrogen (secondary N) is 1. The first-order chi connectivity index (χ1) is 7.95. The van der Waals surface area contributed by atoms with E-state index in [1.807, 2.05) is 0 Å². The van der Waals surface area contributed by atoms with E-state index in [-0.39, 0.29) is 22.7 Å². The molecule has 2 fully saturated rings. The maximum Gasteiger partial charge on any atom is 0.150 e. The first-order valence-corrected chi connectivity index (χ1v) is 8.38. The van der Waals surface area contributed by atoms with Crippen LogP contribution < -0.4 is 5.32 Å². The van der Waals surface area contributed by atoms with Gasteiger partial charge in [0.1, 0.15) is 0 Å². The van der Waals surface area contributed by atoms with Gasteiger partial charge in [0, 0.05) is 13.1 Å². The third kappa shape index (κ3) is 2.66. The lowest BCUT2D eigenvalue weighted by molar-refractivity contribution is -0.184. The number of morpholine rings is 1. The highest BCUT2D eigenvalue weighted by atomic mass is 32.2. The summed E-state index contributed by atoms with van der Waals surface area (Å²) < 4.78 is 29.4. The fourth-order valence-corrected chi connectivity index (χ4v) is 4.45. The van der Waals surface area contributed by atoms with E-state index in [1.165, 1.54) is 0 Å². The lowest BCUT2D eigenvalue weighted by atomic mass is 9.88. The molecule has 0 amide bonds. The summed E-state index contributed by atoms with van der Waals surface area (Å²) in [4.78, 5) is 0. The maximum absolute atomic E-state index is 11.5. The van der Waals surface area contributed by atoms with Gasteiger partial charge in [0.15, 0.2) is 9.84 Å². The molecule has 0 radical (unpaired) electrons. The van der Waals surface area contributed by atoms with E-state index in [0.29, 0.717) is 12.8 Å². The van der Waals surface area contributed by atoms with Crippen LogP contribution in [0.3, 0.4) is 0 Å². The van der Waals surface area contributed by atoms with E-state index in [9.17, 15) is 8.42 Å². The topological polar surface area (TPSA) is 55.4 Å². The van der Waals surface area contributed by atoms with Crippen molar-refractivity contribution in [3.05, 3.63) is 0 Å². The maximum atomic E-state index is 11.5. The minimum absolute atomic E-state index is 0.0979. The van der Waals surface area contributed by atoms with Crippen LogP contribution in [0, 0.1) is 0 Å². The Kier molecular flexibility index (Phi) is 3.54. The Morgan fingerprint density at radius 2 is 1.71 bits per heavy atom. The average Bonchev–Trinajstić information content (AvgIpc) is 2.34. The normalized spacial score (nSPS) is 30.2. The molecule has 100 valence electrons. The Labute approximate surface area is 104 Å². The van der Waals surface area contributed by atoms with Crippen molar-refractivity contribution in [1.82, 2.24) is 5.32 Å². The van der Waals surface area contributed by atoms with Crippen LogP contribution in [0.25, 0.3) is 0 Å². The van der Waals surface area contributed by atoms with Crippen LogP contribution >= 0.6 is 0 Å². The minimum Gasteiger partial charge on any atom is -0.366 e. The third-order valence-corrected chi connectivity index (χ3v) is 6.01. The number of hydrogen-bond donors (Lipinski definition) is 1. The quantitative estimate of drug-likeness (QED) is 0.809. The summed E-state index contributed by atoms with van der Waals surface area (Å²) in [5.74, 6) is 0.552. The first-order valence-electron chi connectivity index (χ1n) is 6.56. The fraction of sp³-hybridized carbons (Fsp3) is 1.00. The Balaban J connectivity index is 2.12. The molecule has 5 heteroatoms. The van der Waals surface area contributed by atoms with Crippen molar-refractivity contribution in [1.29, 1.82) is 0 Å². The molecule has 0 bridgehead atoms. The van der Waals surface area contributed by atoms with Crippen molar-refractivity contribution < 1.29 is 13.2 Å². The number of hydrogen-bond acceptors (Lipinski definition) is 4. The first kappa shape index (κ1) is 13.3. The SMILES string of the molecule is CCC1(CC)CNCC2(CCS(=O)(=O)CC2)O1. The van der Waals surface area contributed by atoms with Gasteiger partial charge in [-0.3, -0.25) is 0 Å². The smallest absolute Gasteiger partial charge is 0.150 e. The zero-order chi connectivity index (χ0) is 12.6. The molecule has 0 aromatic heterocycles. The van der Waals surface area contributed by atoms with Gasteiger partial charge in [-0.05, 0) is 25.7 Å². The van der Waals surface area contributed by atoms with Crippen LogP contribution in [0.2, 0.25) is 0 Å². The Morgan fingerprint density at radius 1 is 1.12 bits per heavy atom. The van der Waals surface area contributed by atoms with Crippen LogP contribution in [0.15, 0.2) is 0 Å². The van der Waals surface area contributed by atoms with Crippen molar-refractivity contribution >= 4 is 9.84 Å². The Hall–Kier alpha value is -0.130. The van der Waals surface area contributed by atoms with Crippen molar-refractivity contribution in [3.8, 4) is 0 Å². The molecule has 2 heterocycles. The molecule has 17 heavy (non-hydrogen) atoms.